The highest BCUT2D eigenvalue weighted by molar-refractivity contribution is 5.99. The number of hydrogen-bond donors (Lipinski definition) is 1. The van der Waals surface area contributed by atoms with Crippen LogP contribution in [0.2, 0.25) is 0 Å². The number of amides is 1. The zero-order valence-electron chi connectivity index (χ0n) is 15.9. The summed E-state index contributed by atoms with van der Waals surface area (Å²) in [5.74, 6) is -2.16. The Morgan fingerprint density at radius 2 is 1.96 bits per heavy atom. The first-order valence-corrected chi connectivity index (χ1v) is 9.35. The summed E-state index contributed by atoms with van der Waals surface area (Å²) in [7, 11) is 0. The lowest BCUT2D eigenvalue weighted by molar-refractivity contribution is -0.140. The molecule has 0 aliphatic carbocycles. The van der Waals surface area contributed by atoms with E-state index in [2.05, 4.69) is 0 Å². The Hall–Kier alpha value is -2.28. The molecule has 1 saturated heterocycles. The fourth-order valence-electron chi connectivity index (χ4n) is 3.56. The summed E-state index contributed by atoms with van der Waals surface area (Å²) >= 11 is 0. The number of ketones is 1. The van der Waals surface area contributed by atoms with Crippen LogP contribution < -0.4 is 0 Å². The number of nitrogens with zero attached hydrogens (tertiary/aromatic N) is 2. The number of carbonyl (C=O) groups is 3. The maximum absolute atomic E-state index is 13.3. The zero-order valence-corrected chi connectivity index (χ0v) is 15.9. The molecule has 1 aromatic carbocycles. The van der Waals surface area contributed by atoms with Crippen molar-refractivity contribution in [2.45, 2.75) is 39.2 Å². The quantitative estimate of drug-likeness (QED) is 0.703. The minimum atomic E-state index is -0.847. The van der Waals surface area contributed by atoms with Gasteiger partial charge in [0.25, 0.3) is 0 Å². The normalized spacial score (nSPS) is 16.4. The van der Waals surface area contributed by atoms with Crippen LogP contribution in [0.25, 0.3) is 0 Å². The average molecular weight is 378 g/mol. The SMILES string of the molecule is CCN(CC(=O)O)C1CCN(C(=O)CC(C)C(=O)c2cccc(F)c2)CC1. The monoisotopic (exact) mass is 378 g/mol. The summed E-state index contributed by atoms with van der Waals surface area (Å²) in [6.45, 7) is 5.39. The summed E-state index contributed by atoms with van der Waals surface area (Å²) in [6.07, 6.45) is 1.53. The average Bonchev–Trinajstić information content (AvgIpc) is 2.65. The molecular weight excluding hydrogens is 351 g/mol. The number of Topliss-reactive ketones (excluding diaryl/α,β-unsaturated/α-hetero) is 1. The molecule has 0 spiro atoms. The Bertz CT molecular complexity index is 686. The number of carboxylic acids is 1. The second-order valence-corrected chi connectivity index (χ2v) is 7.05. The largest absolute Gasteiger partial charge is 0.480 e. The number of benzene rings is 1. The van der Waals surface area contributed by atoms with Gasteiger partial charge in [0, 0.05) is 37.0 Å². The van der Waals surface area contributed by atoms with Crippen LogP contribution in [0.3, 0.4) is 0 Å². The van der Waals surface area contributed by atoms with Gasteiger partial charge in [0.15, 0.2) is 5.78 Å². The highest BCUT2D eigenvalue weighted by Gasteiger charge is 2.29. The number of rotatable bonds is 8. The van der Waals surface area contributed by atoms with Crippen molar-refractivity contribution < 1.29 is 23.9 Å². The molecule has 7 heteroatoms. The Morgan fingerprint density at radius 3 is 2.52 bits per heavy atom. The van der Waals surface area contributed by atoms with Crippen LogP contribution in [-0.2, 0) is 9.59 Å². The molecule has 1 aromatic rings. The first-order chi connectivity index (χ1) is 12.8. The van der Waals surface area contributed by atoms with Crippen molar-refractivity contribution in [3.63, 3.8) is 0 Å². The summed E-state index contributed by atoms with van der Waals surface area (Å²) in [4.78, 5) is 39.5. The van der Waals surface area contributed by atoms with Crippen LogP contribution >= 0.6 is 0 Å². The van der Waals surface area contributed by atoms with Crippen molar-refractivity contribution in [1.82, 2.24) is 9.80 Å². The van der Waals surface area contributed by atoms with Gasteiger partial charge < -0.3 is 10.0 Å². The molecule has 1 unspecified atom stereocenters. The number of likely N-dealkylation sites (tertiary alicyclic amines) is 1. The second-order valence-electron chi connectivity index (χ2n) is 7.05. The van der Waals surface area contributed by atoms with Gasteiger partial charge in [0.2, 0.25) is 5.91 Å². The van der Waals surface area contributed by atoms with Crippen molar-refractivity contribution >= 4 is 17.7 Å². The fourth-order valence-corrected chi connectivity index (χ4v) is 3.56. The molecule has 1 aliphatic heterocycles. The van der Waals surface area contributed by atoms with E-state index in [-0.39, 0.29) is 36.3 Å². The molecule has 2 rings (SSSR count). The van der Waals surface area contributed by atoms with Gasteiger partial charge in [-0.1, -0.05) is 26.0 Å². The number of carbonyl (C=O) groups excluding carboxylic acids is 2. The first-order valence-electron chi connectivity index (χ1n) is 9.35. The van der Waals surface area contributed by atoms with E-state index in [4.69, 9.17) is 5.11 Å². The maximum atomic E-state index is 13.3. The Kier molecular flexibility index (Phi) is 7.47. The molecular formula is C20H27FN2O4. The number of carboxylic acid groups (broad SMARTS) is 1. The molecule has 1 amide bonds. The Labute approximate surface area is 158 Å². The van der Waals surface area contributed by atoms with Crippen LogP contribution in [0.15, 0.2) is 24.3 Å². The van der Waals surface area contributed by atoms with Crippen LogP contribution in [0, 0.1) is 11.7 Å². The third-order valence-electron chi connectivity index (χ3n) is 5.12. The van der Waals surface area contributed by atoms with Crippen LogP contribution in [0.4, 0.5) is 4.39 Å². The molecule has 6 nitrogen and oxygen atoms in total. The van der Waals surface area contributed by atoms with Crippen molar-refractivity contribution in [1.29, 1.82) is 0 Å². The highest BCUT2D eigenvalue weighted by Crippen LogP contribution is 2.20. The minimum Gasteiger partial charge on any atom is -0.480 e. The van der Waals surface area contributed by atoms with Gasteiger partial charge in [-0.2, -0.15) is 0 Å². The summed E-state index contributed by atoms with van der Waals surface area (Å²) in [6, 6.07) is 5.66. The van der Waals surface area contributed by atoms with Gasteiger partial charge in [-0.05, 0) is 31.5 Å². The van der Waals surface area contributed by atoms with Crippen LogP contribution in [0.5, 0.6) is 0 Å². The molecule has 148 valence electrons. The number of hydrogen-bond acceptors (Lipinski definition) is 4. The topological polar surface area (TPSA) is 77.9 Å². The zero-order chi connectivity index (χ0) is 20.0. The van der Waals surface area contributed by atoms with Gasteiger partial charge >= 0.3 is 5.97 Å². The molecule has 0 radical (unpaired) electrons. The van der Waals surface area contributed by atoms with Gasteiger partial charge in [-0.3, -0.25) is 19.3 Å². The van der Waals surface area contributed by atoms with Crippen molar-refractivity contribution in [2.24, 2.45) is 5.92 Å². The number of piperidine rings is 1. The van der Waals surface area contributed by atoms with Crippen molar-refractivity contribution in [3.05, 3.63) is 35.6 Å². The van der Waals surface area contributed by atoms with Crippen molar-refractivity contribution in [2.75, 3.05) is 26.2 Å². The minimum absolute atomic E-state index is 0.00822. The second kappa shape index (κ2) is 9.60. The van der Waals surface area contributed by atoms with E-state index in [0.717, 1.165) is 12.8 Å². The molecule has 1 N–H and O–H groups in total. The molecule has 0 bridgehead atoms. The standard InChI is InChI=1S/C20H27FN2O4/c1-3-22(13-19(25)26)17-7-9-23(10-8-17)18(24)11-14(2)20(27)15-5-4-6-16(21)12-15/h4-6,12,14,17H,3,7-11,13H2,1-2H3,(H,25,26). The lowest BCUT2D eigenvalue weighted by atomic mass is 9.95. The Balaban J connectivity index is 1.86. The Morgan fingerprint density at radius 1 is 1.30 bits per heavy atom. The number of halogens is 1. The first kappa shape index (κ1) is 21.0. The number of likely N-dealkylation sites (N-methyl/N-ethyl adjacent to an activating group) is 1. The van der Waals surface area contributed by atoms with Gasteiger partial charge in [-0.25, -0.2) is 4.39 Å². The van der Waals surface area contributed by atoms with E-state index >= 15 is 0 Å². The lowest BCUT2D eigenvalue weighted by Crippen LogP contribution is -2.48. The fraction of sp³-hybridized carbons (Fsp3) is 0.550. The third-order valence-corrected chi connectivity index (χ3v) is 5.12. The van der Waals surface area contributed by atoms with Crippen molar-refractivity contribution in [3.8, 4) is 0 Å². The van der Waals surface area contributed by atoms with E-state index in [1.54, 1.807) is 17.9 Å². The molecule has 1 aliphatic rings. The maximum Gasteiger partial charge on any atom is 0.317 e. The third kappa shape index (κ3) is 5.85. The highest BCUT2D eigenvalue weighted by atomic mass is 19.1. The summed E-state index contributed by atoms with van der Waals surface area (Å²) in [5.41, 5.74) is 0.279. The molecule has 1 heterocycles. The van der Waals surface area contributed by atoms with E-state index < -0.39 is 17.7 Å². The van der Waals surface area contributed by atoms with Crippen LogP contribution in [0.1, 0.15) is 43.5 Å². The van der Waals surface area contributed by atoms with E-state index in [1.165, 1.54) is 18.2 Å². The lowest BCUT2D eigenvalue weighted by Gasteiger charge is -2.37. The van der Waals surface area contributed by atoms with E-state index in [1.807, 2.05) is 11.8 Å². The molecule has 27 heavy (non-hydrogen) atoms. The summed E-state index contributed by atoms with van der Waals surface area (Å²) in [5, 5.41) is 8.99. The summed E-state index contributed by atoms with van der Waals surface area (Å²) < 4.78 is 13.3. The van der Waals surface area contributed by atoms with E-state index in [0.29, 0.717) is 19.6 Å². The molecule has 0 aromatic heterocycles. The predicted octanol–water partition coefficient (Wildman–Crippen LogP) is 2.43. The smallest absolute Gasteiger partial charge is 0.317 e. The van der Waals surface area contributed by atoms with Gasteiger partial charge in [0.05, 0.1) is 6.54 Å². The molecule has 0 saturated carbocycles. The molecule has 1 fully saturated rings. The molecule has 1 atom stereocenters. The van der Waals surface area contributed by atoms with Gasteiger partial charge in [0.1, 0.15) is 5.82 Å². The van der Waals surface area contributed by atoms with Gasteiger partial charge in [-0.15, -0.1) is 0 Å². The van der Waals surface area contributed by atoms with E-state index in [9.17, 15) is 18.8 Å². The van der Waals surface area contributed by atoms with Crippen LogP contribution in [-0.4, -0.2) is 64.8 Å². The predicted molar refractivity (Wildman–Crippen MR) is 99.0 cm³/mol. The number of aliphatic carboxylic acids is 1.